The molecule has 3 N–H and O–H groups in total. The van der Waals surface area contributed by atoms with E-state index in [4.69, 9.17) is 11.6 Å². The van der Waals surface area contributed by atoms with Gasteiger partial charge in [0.2, 0.25) is 5.91 Å². The number of anilines is 2. The minimum absolute atomic E-state index is 0.0592. The minimum Gasteiger partial charge on any atom is -0.386 e. The van der Waals surface area contributed by atoms with E-state index >= 15 is 0 Å². The first-order valence-corrected chi connectivity index (χ1v) is 18.3. The summed E-state index contributed by atoms with van der Waals surface area (Å²) in [5.74, 6) is -0.321. The number of rotatable bonds is 7. The maximum Gasteiger partial charge on any atom is 0.418 e. The maximum atomic E-state index is 14.1. The number of para-hydroxylation sites is 1. The summed E-state index contributed by atoms with van der Waals surface area (Å²) >= 11 is 6.31. The van der Waals surface area contributed by atoms with Crippen molar-refractivity contribution in [2.24, 2.45) is 0 Å². The number of piperazine rings is 1. The Balaban J connectivity index is 1.13. The Hall–Kier alpha value is -3.75. The summed E-state index contributed by atoms with van der Waals surface area (Å²) in [5, 5.41) is 8.32. The zero-order valence-corrected chi connectivity index (χ0v) is 30.0. The smallest absolute Gasteiger partial charge is 0.386 e. The number of hydrogen-bond donors (Lipinski definition) is 3. The SMILES string of the molecule is CNc1c(Cl)cc(CC(NC(=O)N2CCC(N3CCc4ccccc4NC3=O)CC2)C(=O)N2CCC(N3CCN(C)CC3)CC2)cc1C(F)(F)F. The molecule has 6 rings (SSSR count). The molecule has 0 aliphatic carbocycles. The number of nitrogens with one attached hydrogen (secondary N) is 3. The molecular weight excluding hydrogens is 685 g/mol. The van der Waals surface area contributed by atoms with Crippen LogP contribution in [0.3, 0.4) is 0 Å². The van der Waals surface area contributed by atoms with Crippen molar-refractivity contribution in [1.29, 1.82) is 0 Å². The minimum atomic E-state index is -4.68. The van der Waals surface area contributed by atoms with E-state index in [1.807, 2.05) is 29.2 Å². The molecule has 0 spiro atoms. The molecule has 15 heteroatoms. The normalized spacial score (nSPS) is 20.7. The fourth-order valence-electron chi connectivity index (χ4n) is 7.91. The molecule has 0 aromatic heterocycles. The Labute approximate surface area is 302 Å². The predicted molar refractivity (Wildman–Crippen MR) is 191 cm³/mol. The molecular formula is C36H48ClF3N8O3. The van der Waals surface area contributed by atoms with Gasteiger partial charge in [-0.2, -0.15) is 13.2 Å². The van der Waals surface area contributed by atoms with E-state index in [-0.39, 0.29) is 40.7 Å². The maximum absolute atomic E-state index is 14.1. The number of nitrogens with zero attached hydrogens (tertiary/aromatic N) is 5. The van der Waals surface area contributed by atoms with Crippen LogP contribution in [0.1, 0.15) is 42.4 Å². The second-order valence-corrected chi connectivity index (χ2v) is 14.5. The molecule has 11 nitrogen and oxygen atoms in total. The van der Waals surface area contributed by atoms with Gasteiger partial charge in [0.15, 0.2) is 0 Å². The van der Waals surface area contributed by atoms with Gasteiger partial charge in [0.25, 0.3) is 0 Å². The largest absolute Gasteiger partial charge is 0.418 e. The lowest BCUT2D eigenvalue weighted by molar-refractivity contribution is -0.137. The van der Waals surface area contributed by atoms with Crippen molar-refractivity contribution in [1.82, 2.24) is 29.8 Å². The number of hydrogen-bond acceptors (Lipinski definition) is 6. The third-order valence-electron chi connectivity index (χ3n) is 10.9. The van der Waals surface area contributed by atoms with Gasteiger partial charge >= 0.3 is 18.2 Å². The Morgan fingerprint density at radius 3 is 2.24 bits per heavy atom. The first-order chi connectivity index (χ1) is 24.4. The Kier molecular flexibility index (Phi) is 11.5. The quantitative estimate of drug-likeness (QED) is 0.378. The van der Waals surface area contributed by atoms with E-state index < -0.39 is 23.8 Å². The fraction of sp³-hybridized carbons (Fsp3) is 0.583. The fourth-order valence-corrected chi connectivity index (χ4v) is 8.25. The number of carbonyl (C=O) groups excluding carboxylic acids is 3. The highest BCUT2D eigenvalue weighted by molar-refractivity contribution is 6.33. The standard InChI is InChI=1S/C36H48ClF3N8O3/c1-41-32-28(36(38,39)40)21-24(22-29(32)37)23-31(33(49)46-12-8-26(9-13-46)45-19-17-44(2)18-20-45)43-34(50)47-14-10-27(11-15-47)48-16-7-25-5-3-4-6-30(25)42-35(48)51/h3-6,21-22,26-27,31,41H,7-20,23H2,1-2H3,(H,42,51)(H,43,50). The molecule has 1 unspecified atom stereocenters. The number of carbonyl (C=O) groups is 3. The third-order valence-corrected chi connectivity index (χ3v) is 11.2. The summed E-state index contributed by atoms with van der Waals surface area (Å²) < 4.78 is 42.1. The molecule has 278 valence electrons. The number of piperidine rings is 2. The number of fused-ring (bicyclic) bond motifs is 1. The molecule has 4 aliphatic heterocycles. The lowest BCUT2D eigenvalue weighted by Gasteiger charge is -2.42. The summed E-state index contributed by atoms with van der Waals surface area (Å²) in [7, 11) is 3.48. The second-order valence-electron chi connectivity index (χ2n) is 14.1. The Morgan fingerprint density at radius 2 is 1.57 bits per heavy atom. The first kappa shape index (κ1) is 37.0. The molecule has 2 aromatic rings. The molecule has 0 saturated carbocycles. The summed E-state index contributed by atoms with van der Waals surface area (Å²) in [6.07, 6.45) is -1.40. The molecule has 3 saturated heterocycles. The van der Waals surface area contributed by atoms with Gasteiger partial charge < -0.3 is 35.6 Å². The monoisotopic (exact) mass is 732 g/mol. The number of benzene rings is 2. The van der Waals surface area contributed by atoms with Gasteiger partial charge in [-0.15, -0.1) is 0 Å². The van der Waals surface area contributed by atoms with Gasteiger partial charge in [-0.05, 0) is 68.5 Å². The molecule has 4 heterocycles. The number of amides is 5. The Bertz CT molecular complexity index is 1570. The van der Waals surface area contributed by atoms with Crippen molar-refractivity contribution in [2.75, 3.05) is 83.6 Å². The number of likely N-dealkylation sites (N-methyl/N-ethyl adjacent to an activating group) is 1. The molecule has 51 heavy (non-hydrogen) atoms. The van der Waals surface area contributed by atoms with Gasteiger partial charge in [0.05, 0.1) is 16.3 Å². The van der Waals surface area contributed by atoms with Crippen molar-refractivity contribution in [3.05, 3.63) is 58.1 Å². The van der Waals surface area contributed by atoms with Gasteiger partial charge in [-0.25, -0.2) is 9.59 Å². The summed E-state index contributed by atoms with van der Waals surface area (Å²) in [6.45, 7) is 6.26. The molecule has 0 bridgehead atoms. The van der Waals surface area contributed by atoms with Crippen molar-refractivity contribution in [3.63, 3.8) is 0 Å². The van der Waals surface area contributed by atoms with E-state index in [2.05, 4.69) is 32.8 Å². The zero-order valence-electron chi connectivity index (χ0n) is 29.3. The average molecular weight is 733 g/mol. The molecule has 0 radical (unpaired) electrons. The lowest BCUT2D eigenvalue weighted by atomic mass is 9.98. The van der Waals surface area contributed by atoms with Crippen LogP contribution in [0.25, 0.3) is 0 Å². The second kappa shape index (κ2) is 15.9. The van der Waals surface area contributed by atoms with Gasteiger partial charge in [0, 0.05) is 90.1 Å². The molecule has 5 amide bonds. The summed E-state index contributed by atoms with van der Waals surface area (Å²) in [6, 6.07) is 8.75. The highest BCUT2D eigenvalue weighted by atomic mass is 35.5. The van der Waals surface area contributed by atoms with Crippen LogP contribution in [0.5, 0.6) is 0 Å². The van der Waals surface area contributed by atoms with Crippen LogP contribution in [0.15, 0.2) is 36.4 Å². The number of urea groups is 2. The van der Waals surface area contributed by atoms with Crippen molar-refractivity contribution in [2.45, 2.75) is 62.8 Å². The van der Waals surface area contributed by atoms with Gasteiger partial charge in [-0.1, -0.05) is 29.8 Å². The van der Waals surface area contributed by atoms with Gasteiger partial charge in [0.1, 0.15) is 6.04 Å². The highest BCUT2D eigenvalue weighted by Crippen LogP contribution is 2.39. The molecule has 1 atom stereocenters. The highest BCUT2D eigenvalue weighted by Gasteiger charge is 2.38. The van der Waals surface area contributed by atoms with E-state index in [1.165, 1.54) is 13.1 Å². The van der Waals surface area contributed by atoms with Crippen LogP contribution >= 0.6 is 11.6 Å². The van der Waals surface area contributed by atoms with Crippen LogP contribution < -0.4 is 16.0 Å². The van der Waals surface area contributed by atoms with Crippen LogP contribution in [0.2, 0.25) is 5.02 Å². The van der Waals surface area contributed by atoms with Crippen molar-refractivity contribution < 1.29 is 27.6 Å². The van der Waals surface area contributed by atoms with E-state index in [0.29, 0.717) is 51.6 Å². The van der Waals surface area contributed by atoms with E-state index in [9.17, 15) is 27.6 Å². The topological polar surface area (TPSA) is 103 Å². The lowest BCUT2D eigenvalue weighted by Crippen LogP contribution is -2.58. The predicted octanol–water partition coefficient (Wildman–Crippen LogP) is 4.81. The third kappa shape index (κ3) is 8.66. The molecule has 3 fully saturated rings. The van der Waals surface area contributed by atoms with E-state index in [0.717, 1.165) is 62.8 Å². The molecule has 4 aliphatic rings. The number of alkyl halides is 3. The van der Waals surface area contributed by atoms with Crippen LogP contribution in [0, 0.1) is 0 Å². The number of halogens is 4. The van der Waals surface area contributed by atoms with E-state index in [1.54, 1.807) is 9.80 Å². The van der Waals surface area contributed by atoms with Crippen LogP contribution in [-0.4, -0.2) is 134 Å². The summed E-state index contributed by atoms with van der Waals surface area (Å²) in [4.78, 5) is 50.9. The van der Waals surface area contributed by atoms with Crippen molar-refractivity contribution in [3.8, 4) is 0 Å². The van der Waals surface area contributed by atoms with Gasteiger partial charge in [-0.3, -0.25) is 9.69 Å². The van der Waals surface area contributed by atoms with Crippen LogP contribution in [0.4, 0.5) is 34.1 Å². The number of likely N-dealkylation sites (tertiary alicyclic amines) is 2. The van der Waals surface area contributed by atoms with Crippen molar-refractivity contribution >= 4 is 40.9 Å². The zero-order chi connectivity index (χ0) is 36.3. The summed E-state index contributed by atoms with van der Waals surface area (Å²) in [5.41, 5.74) is 0.916. The molecule has 2 aromatic carbocycles. The van der Waals surface area contributed by atoms with Crippen LogP contribution in [-0.2, 0) is 23.8 Å². The first-order valence-electron chi connectivity index (χ1n) is 17.9. The average Bonchev–Trinajstić information content (AvgIpc) is 3.29. The Morgan fingerprint density at radius 1 is 0.922 bits per heavy atom.